The minimum absolute atomic E-state index is 0.0626. The van der Waals surface area contributed by atoms with Crippen molar-refractivity contribution in [3.63, 3.8) is 0 Å². The first kappa shape index (κ1) is 33.6. The SMILES string of the molecule is COc1cc(C(=O)NC[C@@](O)(c2cc3c(c(-c4ccc(F)cc4)n2)OC[C@@]3(C)NS(=O)C(C)(C)C)C(F)(F)F)cc2c1NCCC2. The Morgan fingerprint density at radius 1 is 1.17 bits per heavy atom. The van der Waals surface area contributed by atoms with Crippen LogP contribution in [0, 0.1) is 5.82 Å². The van der Waals surface area contributed by atoms with E-state index < -0.39 is 57.0 Å². The molecule has 2 aliphatic rings. The van der Waals surface area contributed by atoms with Crippen LogP contribution in [0.25, 0.3) is 11.3 Å². The average molecular weight is 665 g/mol. The highest BCUT2D eigenvalue weighted by Gasteiger charge is 2.57. The van der Waals surface area contributed by atoms with E-state index >= 15 is 0 Å². The van der Waals surface area contributed by atoms with E-state index in [-0.39, 0.29) is 34.7 Å². The quantitative estimate of drug-likeness (QED) is 0.248. The van der Waals surface area contributed by atoms with Crippen molar-refractivity contribution in [2.45, 2.75) is 62.6 Å². The number of carbonyl (C=O) groups is 1. The molecule has 14 heteroatoms. The molecule has 0 saturated heterocycles. The number of benzene rings is 2. The molecule has 248 valence electrons. The summed E-state index contributed by atoms with van der Waals surface area (Å²) in [6.07, 6.45) is -3.86. The van der Waals surface area contributed by atoms with Crippen LogP contribution in [-0.2, 0) is 28.5 Å². The summed E-state index contributed by atoms with van der Waals surface area (Å²) in [6, 6.07) is 8.95. The molecule has 1 amide bonds. The van der Waals surface area contributed by atoms with Crippen LogP contribution >= 0.6 is 0 Å². The van der Waals surface area contributed by atoms with E-state index in [1.165, 1.54) is 25.3 Å². The fourth-order valence-corrected chi connectivity index (χ4v) is 6.23. The second-order valence-corrected chi connectivity index (χ2v) is 14.6. The number of alkyl halides is 3. The van der Waals surface area contributed by atoms with Crippen molar-refractivity contribution in [3.05, 3.63) is 70.7 Å². The first-order valence-corrected chi connectivity index (χ1v) is 15.8. The number of aryl methyl sites for hydroxylation is 1. The first-order chi connectivity index (χ1) is 21.5. The molecule has 46 heavy (non-hydrogen) atoms. The van der Waals surface area contributed by atoms with Gasteiger partial charge in [0.1, 0.15) is 23.9 Å². The lowest BCUT2D eigenvalue weighted by molar-refractivity contribution is -0.265. The lowest BCUT2D eigenvalue weighted by Gasteiger charge is -2.32. The van der Waals surface area contributed by atoms with Gasteiger partial charge in [-0.15, -0.1) is 0 Å². The number of halogens is 4. The maximum absolute atomic E-state index is 14.9. The van der Waals surface area contributed by atoms with Gasteiger partial charge in [0.05, 0.1) is 46.3 Å². The van der Waals surface area contributed by atoms with Crippen LogP contribution in [0.3, 0.4) is 0 Å². The van der Waals surface area contributed by atoms with E-state index in [0.717, 1.165) is 35.9 Å². The third-order valence-electron chi connectivity index (χ3n) is 8.05. The Bertz CT molecular complexity index is 1660. The highest BCUT2D eigenvalue weighted by Crippen LogP contribution is 2.47. The minimum atomic E-state index is -5.31. The Labute approximate surface area is 266 Å². The molecule has 2 aliphatic heterocycles. The molecule has 0 saturated carbocycles. The van der Waals surface area contributed by atoms with Crippen molar-refractivity contribution in [2.24, 2.45) is 0 Å². The lowest BCUT2D eigenvalue weighted by Crippen LogP contribution is -2.52. The summed E-state index contributed by atoms with van der Waals surface area (Å²) in [6.45, 7) is 6.15. The summed E-state index contributed by atoms with van der Waals surface area (Å²) in [7, 11) is -0.236. The third kappa shape index (κ3) is 6.29. The number of rotatable bonds is 8. The van der Waals surface area contributed by atoms with Gasteiger partial charge in [0.2, 0.25) is 5.60 Å². The predicted octanol–water partition coefficient (Wildman–Crippen LogP) is 5.09. The molecule has 3 aromatic rings. The Morgan fingerprint density at radius 3 is 2.50 bits per heavy atom. The number of nitrogens with one attached hydrogen (secondary N) is 3. The molecule has 1 unspecified atom stereocenters. The van der Waals surface area contributed by atoms with Gasteiger partial charge in [-0.1, -0.05) is 0 Å². The molecule has 0 aliphatic carbocycles. The van der Waals surface area contributed by atoms with Gasteiger partial charge in [0.25, 0.3) is 5.91 Å². The van der Waals surface area contributed by atoms with Crippen molar-refractivity contribution in [1.82, 2.24) is 15.0 Å². The number of anilines is 1. The van der Waals surface area contributed by atoms with Gasteiger partial charge in [-0.05, 0) is 88.6 Å². The number of aliphatic hydroxyl groups is 1. The smallest absolute Gasteiger partial charge is 0.424 e. The zero-order chi connectivity index (χ0) is 33.7. The van der Waals surface area contributed by atoms with Gasteiger partial charge in [-0.3, -0.25) is 4.79 Å². The van der Waals surface area contributed by atoms with E-state index in [1.807, 2.05) is 0 Å². The molecule has 3 heterocycles. The number of ether oxygens (including phenoxy) is 2. The van der Waals surface area contributed by atoms with Crippen LogP contribution in [0.5, 0.6) is 11.5 Å². The first-order valence-electron chi connectivity index (χ1n) is 14.6. The highest BCUT2D eigenvalue weighted by atomic mass is 32.2. The molecule has 0 fully saturated rings. The van der Waals surface area contributed by atoms with Gasteiger partial charge in [0.15, 0.2) is 5.75 Å². The fourth-order valence-electron chi connectivity index (χ4n) is 5.34. The van der Waals surface area contributed by atoms with Gasteiger partial charge in [-0.2, -0.15) is 13.2 Å². The van der Waals surface area contributed by atoms with E-state index in [1.54, 1.807) is 33.8 Å². The van der Waals surface area contributed by atoms with Crippen LogP contribution in [0.15, 0.2) is 42.5 Å². The number of pyridine rings is 1. The molecule has 2 aromatic carbocycles. The molecule has 5 rings (SSSR count). The number of carbonyl (C=O) groups excluding carboxylic acids is 1. The van der Waals surface area contributed by atoms with Crippen LogP contribution < -0.4 is 24.8 Å². The second-order valence-electron chi connectivity index (χ2n) is 12.6. The number of nitrogens with zero attached hydrogens (tertiary/aromatic N) is 1. The molecule has 4 N–H and O–H groups in total. The van der Waals surface area contributed by atoms with Crippen LogP contribution in [-0.4, -0.2) is 57.9 Å². The number of aromatic nitrogens is 1. The summed E-state index contributed by atoms with van der Waals surface area (Å²) in [5.41, 5.74) is -3.88. The molecular weight excluding hydrogens is 628 g/mol. The number of fused-ring (bicyclic) bond motifs is 2. The maximum Gasteiger partial charge on any atom is 0.424 e. The minimum Gasteiger partial charge on any atom is -0.495 e. The predicted molar refractivity (Wildman–Crippen MR) is 166 cm³/mol. The summed E-state index contributed by atoms with van der Waals surface area (Å²) < 4.78 is 85.1. The van der Waals surface area contributed by atoms with E-state index in [0.29, 0.717) is 18.7 Å². The summed E-state index contributed by atoms with van der Waals surface area (Å²) in [4.78, 5) is 17.5. The average Bonchev–Trinajstić information content (AvgIpc) is 3.33. The Kier molecular flexibility index (Phi) is 8.86. The highest BCUT2D eigenvalue weighted by molar-refractivity contribution is 7.84. The monoisotopic (exact) mass is 664 g/mol. The molecule has 0 spiro atoms. The number of hydrogen-bond donors (Lipinski definition) is 4. The maximum atomic E-state index is 14.9. The Morgan fingerprint density at radius 2 is 1.87 bits per heavy atom. The van der Waals surface area contributed by atoms with Crippen molar-refractivity contribution < 1.29 is 41.1 Å². The Hall–Kier alpha value is -3.75. The molecule has 1 aromatic heterocycles. The Balaban J connectivity index is 1.58. The van der Waals surface area contributed by atoms with Crippen molar-refractivity contribution in [1.29, 1.82) is 0 Å². The second kappa shape index (κ2) is 12.1. The molecule has 3 atom stereocenters. The van der Waals surface area contributed by atoms with Crippen LogP contribution in [0.2, 0.25) is 0 Å². The number of amides is 1. The van der Waals surface area contributed by atoms with Crippen molar-refractivity contribution in [3.8, 4) is 22.8 Å². The fraction of sp³-hybridized carbons (Fsp3) is 0.438. The van der Waals surface area contributed by atoms with Gasteiger partial charge in [0, 0.05) is 23.2 Å². The molecular formula is C32H36F4N4O5S. The molecule has 0 radical (unpaired) electrons. The van der Waals surface area contributed by atoms with Crippen LogP contribution in [0.4, 0.5) is 23.2 Å². The number of hydrogen-bond acceptors (Lipinski definition) is 7. The van der Waals surface area contributed by atoms with E-state index in [4.69, 9.17) is 9.47 Å². The topological polar surface area (TPSA) is 122 Å². The molecule has 9 nitrogen and oxygen atoms in total. The molecule has 0 bridgehead atoms. The van der Waals surface area contributed by atoms with Gasteiger partial charge < -0.3 is 25.2 Å². The third-order valence-corrected chi connectivity index (χ3v) is 9.80. The van der Waals surface area contributed by atoms with Crippen molar-refractivity contribution in [2.75, 3.05) is 32.1 Å². The van der Waals surface area contributed by atoms with Crippen LogP contribution in [0.1, 0.15) is 61.3 Å². The summed E-state index contributed by atoms with van der Waals surface area (Å²) >= 11 is 0. The van der Waals surface area contributed by atoms with Crippen molar-refractivity contribution >= 4 is 22.6 Å². The summed E-state index contributed by atoms with van der Waals surface area (Å²) in [5, 5.41) is 16.9. The standard InChI is InChI=1S/C32H36F4N4O5S/c1-29(2,3)46(43)40-30(4)17-45-27-22(30)15-24(39-26(27)18-8-10-21(33)11-9-18)31(42,32(34,35)36)16-38-28(41)20-13-19-7-6-12-37-25(19)23(14-20)44-5/h8-11,13-15,37,40,42H,6-7,12,16-17H2,1-5H3,(H,38,41)/t30-,31-,46?/m1/s1. The van der Waals surface area contributed by atoms with Gasteiger partial charge in [-0.25, -0.2) is 18.3 Å². The largest absolute Gasteiger partial charge is 0.495 e. The zero-order valence-electron chi connectivity index (χ0n) is 26.0. The van der Waals surface area contributed by atoms with E-state index in [9.17, 15) is 31.7 Å². The zero-order valence-corrected chi connectivity index (χ0v) is 26.8. The summed E-state index contributed by atoms with van der Waals surface area (Å²) in [5.74, 6) is -0.963. The number of methoxy groups -OCH3 is 1. The van der Waals surface area contributed by atoms with Gasteiger partial charge >= 0.3 is 6.18 Å². The lowest BCUT2D eigenvalue weighted by atomic mass is 9.89. The normalized spacial score (nSPS) is 19.6. The van der Waals surface area contributed by atoms with E-state index in [2.05, 4.69) is 20.3 Å².